The van der Waals surface area contributed by atoms with Crippen molar-refractivity contribution in [2.24, 2.45) is 0 Å². The summed E-state index contributed by atoms with van der Waals surface area (Å²) in [5.41, 5.74) is 2.80. The van der Waals surface area contributed by atoms with E-state index in [1.807, 2.05) is 0 Å². The molecule has 1 saturated carbocycles. The summed E-state index contributed by atoms with van der Waals surface area (Å²) in [7, 11) is 0. The Morgan fingerprint density at radius 3 is 2.71 bits per heavy atom. The lowest BCUT2D eigenvalue weighted by atomic mass is 10.1. The van der Waals surface area contributed by atoms with Gasteiger partial charge in [-0.25, -0.2) is 9.18 Å². The van der Waals surface area contributed by atoms with Crippen LogP contribution in [0.5, 0.6) is 5.75 Å². The molecule has 1 aromatic heterocycles. The van der Waals surface area contributed by atoms with Crippen molar-refractivity contribution in [3.05, 3.63) is 65.6 Å². The van der Waals surface area contributed by atoms with Crippen molar-refractivity contribution < 1.29 is 19.1 Å². The first kappa shape index (κ1) is 20.6. The Labute approximate surface area is 178 Å². The lowest BCUT2D eigenvalue weighted by Gasteiger charge is -2.08. The number of halogens is 1. The molecule has 3 aromatic rings. The number of nitrogens with one attached hydrogen (secondary N) is 2. The van der Waals surface area contributed by atoms with Crippen LogP contribution in [0.4, 0.5) is 14.9 Å². The summed E-state index contributed by atoms with van der Waals surface area (Å²) in [6.07, 6.45) is 2.25. The first-order chi connectivity index (χ1) is 14.9. The van der Waals surface area contributed by atoms with Gasteiger partial charge in [-0.3, -0.25) is 4.79 Å². The monoisotopic (exact) mass is 422 g/mol. The maximum absolute atomic E-state index is 13.4. The van der Waals surface area contributed by atoms with Crippen molar-refractivity contribution in [2.75, 3.05) is 5.32 Å². The molecule has 1 aliphatic rings. The van der Waals surface area contributed by atoms with E-state index in [1.165, 1.54) is 22.9 Å². The summed E-state index contributed by atoms with van der Waals surface area (Å²) in [6.45, 7) is 1.92. The number of aromatic hydroxyl groups is 1. The molecule has 0 radical (unpaired) electrons. The van der Waals surface area contributed by atoms with Crippen molar-refractivity contribution >= 4 is 17.6 Å². The minimum Gasteiger partial charge on any atom is -0.507 e. The van der Waals surface area contributed by atoms with Crippen molar-refractivity contribution in [3.8, 4) is 17.0 Å². The maximum Gasteiger partial charge on any atom is 0.342 e. The van der Waals surface area contributed by atoms with E-state index in [1.54, 1.807) is 37.3 Å². The molecule has 1 fully saturated rings. The molecule has 31 heavy (non-hydrogen) atoms. The molecule has 8 heteroatoms. The van der Waals surface area contributed by atoms with Gasteiger partial charge in [0.1, 0.15) is 11.6 Å². The number of rotatable bonds is 6. The van der Waals surface area contributed by atoms with Crippen LogP contribution in [0.25, 0.3) is 11.3 Å². The fourth-order valence-electron chi connectivity index (χ4n) is 3.33. The molecular formula is C23H23FN4O3. The Morgan fingerprint density at radius 1 is 1.19 bits per heavy atom. The van der Waals surface area contributed by atoms with Crippen molar-refractivity contribution in [2.45, 2.75) is 38.6 Å². The highest BCUT2D eigenvalue weighted by atomic mass is 19.1. The zero-order valence-corrected chi connectivity index (χ0v) is 17.1. The molecule has 2 aromatic carbocycles. The molecule has 1 heterocycles. The van der Waals surface area contributed by atoms with Crippen LogP contribution in [0.1, 0.15) is 43.4 Å². The first-order valence-electron chi connectivity index (χ1n) is 10.2. The van der Waals surface area contributed by atoms with E-state index in [4.69, 9.17) is 0 Å². The molecule has 0 atom stereocenters. The number of carbonyl (C=O) groups is 2. The number of benzene rings is 2. The van der Waals surface area contributed by atoms with Gasteiger partial charge < -0.3 is 15.7 Å². The van der Waals surface area contributed by atoms with Gasteiger partial charge in [0.2, 0.25) is 5.91 Å². The second-order valence-electron chi connectivity index (χ2n) is 7.56. The number of amides is 2. The fraction of sp³-hybridized carbons (Fsp3) is 0.261. The van der Waals surface area contributed by atoms with Gasteiger partial charge in [0.25, 0.3) is 0 Å². The Kier molecular flexibility index (Phi) is 5.70. The largest absolute Gasteiger partial charge is 0.507 e. The van der Waals surface area contributed by atoms with Gasteiger partial charge in [0.15, 0.2) is 0 Å². The topological polar surface area (TPSA) is 96.2 Å². The standard InChI is InChI=1S/C23H23FN4O3/c1-2-22(30)26-17-8-9-21(29)18(11-17)19-12-20(15-6-7-15)28(27-19)23(31)25-13-14-4-3-5-16(24)10-14/h3-5,8-12,15,29H,2,6-7,13H2,1H3,(H,25,31)(H,26,30). The van der Waals surface area contributed by atoms with Gasteiger partial charge >= 0.3 is 6.03 Å². The first-order valence-corrected chi connectivity index (χ1v) is 10.2. The third-order valence-corrected chi connectivity index (χ3v) is 5.14. The van der Waals surface area contributed by atoms with Crippen LogP contribution in [0, 0.1) is 5.82 Å². The summed E-state index contributed by atoms with van der Waals surface area (Å²) in [4.78, 5) is 24.5. The lowest BCUT2D eigenvalue weighted by Crippen LogP contribution is -2.30. The van der Waals surface area contributed by atoms with Gasteiger partial charge in [-0.05, 0) is 54.8 Å². The van der Waals surface area contributed by atoms with E-state index in [0.29, 0.717) is 28.9 Å². The number of hydrogen-bond donors (Lipinski definition) is 3. The summed E-state index contributed by atoms with van der Waals surface area (Å²) in [5.74, 6) is -0.275. The van der Waals surface area contributed by atoms with E-state index in [2.05, 4.69) is 15.7 Å². The highest BCUT2D eigenvalue weighted by molar-refractivity contribution is 5.91. The van der Waals surface area contributed by atoms with Gasteiger partial charge in [0.05, 0.1) is 11.4 Å². The lowest BCUT2D eigenvalue weighted by molar-refractivity contribution is -0.115. The second kappa shape index (κ2) is 8.59. The van der Waals surface area contributed by atoms with Crippen molar-refractivity contribution in [1.29, 1.82) is 0 Å². The zero-order valence-electron chi connectivity index (χ0n) is 17.1. The van der Waals surface area contributed by atoms with Gasteiger partial charge in [0, 0.05) is 30.1 Å². The van der Waals surface area contributed by atoms with Crippen LogP contribution >= 0.6 is 0 Å². The molecule has 0 saturated heterocycles. The van der Waals surface area contributed by atoms with E-state index in [-0.39, 0.29) is 29.9 Å². The summed E-state index contributed by atoms with van der Waals surface area (Å²) in [6, 6.07) is 12.1. The summed E-state index contributed by atoms with van der Waals surface area (Å²) >= 11 is 0. The average Bonchev–Trinajstić information content (AvgIpc) is 3.51. The van der Waals surface area contributed by atoms with Crippen LogP contribution in [0.3, 0.4) is 0 Å². The molecular weight excluding hydrogens is 399 g/mol. The third-order valence-electron chi connectivity index (χ3n) is 5.14. The van der Waals surface area contributed by atoms with E-state index in [9.17, 15) is 19.1 Å². The van der Waals surface area contributed by atoms with Crippen LogP contribution < -0.4 is 10.6 Å². The molecule has 0 aliphatic heterocycles. The molecule has 0 bridgehead atoms. The molecule has 3 N–H and O–H groups in total. The third kappa shape index (κ3) is 4.74. The number of phenols is 1. The Balaban J connectivity index is 1.60. The van der Waals surface area contributed by atoms with Crippen LogP contribution in [0.2, 0.25) is 0 Å². The second-order valence-corrected chi connectivity index (χ2v) is 7.56. The quantitative estimate of drug-likeness (QED) is 0.514. The number of anilines is 1. The van der Waals surface area contributed by atoms with Crippen LogP contribution in [-0.2, 0) is 11.3 Å². The Bertz CT molecular complexity index is 1140. The number of aromatic nitrogens is 2. The molecule has 1 aliphatic carbocycles. The normalized spacial score (nSPS) is 13.1. The zero-order chi connectivity index (χ0) is 22.0. The number of phenolic OH excluding ortho intramolecular Hbond substituents is 1. The average molecular weight is 422 g/mol. The van der Waals surface area contributed by atoms with Crippen molar-refractivity contribution in [3.63, 3.8) is 0 Å². The molecule has 0 unspecified atom stereocenters. The van der Waals surface area contributed by atoms with Crippen molar-refractivity contribution in [1.82, 2.24) is 15.1 Å². The Morgan fingerprint density at radius 2 is 2.00 bits per heavy atom. The fourth-order valence-corrected chi connectivity index (χ4v) is 3.33. The predicted octanol–water partition coefficient (Wildman–Crippen LogP) is 4.38. The van der Waals surface area contributed by atoms with E-state index < -0.39 is 6.03 Å². The van der Waals surface area contributed by atoms with E-state index in [0.717, 1.165) is 18.5 Å². The SMILES string of the molecule is CCC(=O)Nc1ccc(O)c(-c2cc(C3CC3)n(C(=O)NCc3cccc(F)c3)n2)c1. The smallest absolute Gasteiger partial charge is 0.342 e. The maximum atomic E-state index is 13.4. The van der Waals surface area contributed by atoms with Crippen LogP contribution in [0.15, 0.2) is 48.5 Å². The minimum atomic E-state index is -0.424. The predicted molar refractivity (Wildman–Crippen MR) is 114 cm³/mol. The number of nitrogens with zero attached hydrogens (tertiary/aromatic N) is 2. The summed E-state index contributed by atoms with van der Waals surface area (Å²) in [5, 5.41) is 20.3. The number of carbonyl (C=O) groups excluding carboxylic acids is 2. The molecule has 2 amide bonds. The molecule has 160 valence electrons. The minimum absolute atomic E-state index is 0.00154. The summed E-state index contributed by atoms with van der Waals surface area (Å²) < 4.78 is 14.7. The highest BCUT2D eigenvalue weighted by Gasteiger charge is 2.30. The molecule has 7 nitrogen and oxygen atoms in total. The Hall–Kier alpha value is -3.68. The molecule has 4 rings (SSSR count). The van der Waals surface area contributed by atoms with Gasteiger partial charge in [-0.2, -0.15) is 9.78 Å². The number of hydrogen-bond acceptors (Lipinski definition) is 4. The highest BCUT2D eigenvalue weighted by Crippen LogP contribution is 2.42. The van der Waals surface area contributed by atoms with Gasteiger partial charge in [-0.15, -0.1) is 0 Å². The van der Waals surface area contributed by atoms with E-state index >= 15 is 0 Å². The van der Waals surface area contributed by atoms with Gasteiger partial charge in [-0.1, -0.05) is 19.1 Å². The van der Waals surface area contributed by atoms with Crippen LogP contribution in [-0.4, -0.2) is 26.8 Å². The molecule has 0 spiro atoms.